The van der Waals surface area contributed by atoms with Gasteiger partial charge >= 0.3 is 0 Å². The molecular formula is C18H20N4O2S. The summed E-state index contributed by atoms with van der Waals surface area (Å²) in [5.41, 5.74) is 0. The summed E-state index contributed by atoms with van der Waals surface area (Å²) in [5.74, 6) is 1.91. The average Bonchev–Trinajstić information content (AvgIpc) is 2.97. The zero-order valence-corrected chi connectivity index (χ0v) is 15.3. The Morgan fingerprint density at radius 3 is 2.72 bits per heavy atom. The van der Waals surface area contributed by atoms with Gasteiger partial charge in [0, 0.05) is 26.5 Å². The predicted octanol–water partition coefficient (Wildman–Crippen LogP) is 2.73. The van der Waals surface area contributed by atoms with Gasteiger partial charge in [0.25, 0.3) is 0 Å². The van der Waals surface area contributed by atoms with E-state index in [1.807, 2.05) is 41.9 Å². The molecule has 0 N–H and O–H groups in total. The molecule has 25 heavy (non-hydrogen) atoms. The third-order valence-electron chi connectivity index (χ3n) is 3.86. The Morgan fingerprint density at radius 1 is 1.16 bits per heavy atom. The van der Waals surface area contributed by atoms with Gasteiger partial charge < -0.3 is 14.2 Å². The molecule has 6 nitrogen and oxygen atoms in total. The van der Waals surface area contributed by atoms with Crippen LogP contribution in [0.2, 0.25) is 0 Å². The Hall–Kier alpha value is -2.54. The number of nitrogens with zero attached hydrogens (tertiary/aromatic N) is 4. The monoisotopic (exact) mass is 356 g/mol. The molecule has 0 spiro atoms. The van der Waals surface area contributed by atoms with Gasteiger partial charge in [0.05, 0.1) is 5.75 Å². The maximum atomic E-state index is 11.7. The normalized spacial score (nSPS) is 10.8. The number of aromatic nitrogens is 3. The van der Waals surface area contributed by atoms with Crippen molar-refractivity contribution in [1.29, 1.82) is 0 Å². The van der Waals surface area contributed by atoms with Crippen molar-refractivity contribution < 1.29 is 9.53 Å². The highest BCUT2D eigenvalue weighted by Gasteiger charge is 2.13. The fourth-order valence-electron chi connectivity index (χ4n) is 2.32. The van der Waals surface area contributed by atoms with E-state index in [-0.39, 0.29) is 5.91 Å². The summed E-state index contributed by atoms with van der Waals surface area (Å²) < 4.78 is 7.82. The van der Waals surface area contributed by atoms with Gasteiger partial charge in [-0.15, -0.1) is 10.2 Å². The Morgan fingerprint density at radius 2 is 1.92 bits per heavy atom. The molecular weight excluding hydrogens is 336 g/mol. The first kappa shape index (κ1) is 17.3. The second kappa shape index (κ2) is 7.57. The summed E-state index contributed by atoms with van der Waals surface area (Å²) in [6, 6.07) is 14.1. The number of rotatable bonds is 6. The van der Waals surface area contributed by atoms with E-state index in [1.54, 1.807) is 19.0 Å². The van der Waals surface area contributed by atoms with Crippen molar-refractivity contribution >= 4 is 28.4 Å². The second-order valence-corrected chi connectivity index (χ2v) is 6.74. The molecule has 1 heterocycles. The minimum absolute atomic E-state index is 0.0431. The van der Waals surface area contributed by atoms with Crippen LogP contribution in [-0.2, 0) is 18.4 Å². The highest BCUT2D eigenvalue weighted by Crippen LogP contribution is 2.26. The summed E-state index contributed by atoms with van der Waals surface area (Å²) in [5, 5.41) is 11.2. The van der Waals surface area contributed by atoms with Crippen LogP contribution in [0, 0.1) is 0 Å². The third-order valence-corrected chi connectivity index (χ3v) is 4.86. The lowest BCUT2D eigenvalue weighted by Gasteiger charge is -2.10. The van der Waals surface area contributed by atoms with Crippen LogP contribution in [0.4, 0.5) is 0 Å². The maximum Gasteiger partial charge on any atom is 0.232 e. The van der Waals surface area contributed by atoms with E-state index in [9.17, 15) is 4.79 Å². The Kier molecular flexibility index (Phi) is 5.23. The van der Waals surface area contributed by atoms with Crippen molar-refractivity contribution in [2.75, 3.05) is 19.8 Å². The van der Waals surface area contributed by atoms with Crippen molar-refractivity contribution in [2.24, 2.45) is 7.05 Å². The lowest BCUT2D eigenvalue weighted by Crippen LogP contribution is -2.23. The zero-order chi connectivity index (χ0) is 17.8. The highest BCUT2D eigenvalue weighted by atomic mass is 32.2. The molecule has 0 fully saturated rings. The number of fused-ring (bicyclic) bond motifs is 1. The first-order valence-corrected chi connectivity index (χ1v) is 8.86. The molecule has 0 aliphatic rings. The third kappa shape index (κ3) is 3.93. The van der Waals surface area contributed by atoms with Crippen molar-refractivity contribution in [3.8, 4) is 5.75 Å². The van der Waals surface area contributed by atoms with Crippen LogP contribution in [0.5, 0.6) is 5.75 Å². The zero-order valence-electron chi connectivity index (χ0n) is 14.5. The van der Waals surface area contributed by atoms with Gasteiger partial charge in [0.2, 0.25) is 5.91 Å². The molecule has 0 unspecified atom stereocenters. The van der Waals surface area contributed by atoms with Gasteiger partial charge in [0.15, 0.2) is 11.0 Å². The van der Waals surface area contributed by atoms with Gasteiger partial charge in [-0.3, -0.25) is 4.79 Å². The minimum Gasteiger partial charge on any atom is -0.485 e. The molecule has 0 bridgehead atoms. The smallest absolute Gasteiger partial charge is 0.232 e. The lowest BCUT2D eigenvalue weighted by molar-refractivity contribution is -0.125. The standard InChI is InChI=1S/C18H20N4O2S/c1-21(2)17(23)12-25-18-20-19-16(22(18)3)11-24-15-10-6-8-13-7-4-5-9-14(13)15/h4-10H,11-12H2,1-3H3. The van der Waals surface area contributed by atoms with Crippen molar-refractivity contribution in [2.45, 2.75) is 11.8 Å². The largest absolute Gasteiger partial charge is 0.485 e. The fraction of sp³-hybridized carbons (Fsp3) is 0.278. The first-order chi connectivity index (χ1) is 12.1. The Balaban J connectivity index is 1.68. The molecule has 2 aromatic carbocycles. The fourth-order valence-corrected chi connectivity index (χ4v) is 3.22. The maximum absolute atomic E-state index is 11.7. The molecule has 0 aliphatic carbocycles. The molecule has 3 aromatic rings. The van der Waals surface area contributed by atoms with E-state index in [1.165, 1.54) is 11.8 Å². The Bertz CT molecular complexity index is 886. The van der Waals surface area contributed by atoms with E-state index in [0.29, 0.717) is 23.3 Å². The van der Waals surface area contributed by atoms with E-state index < -0.39 is 0 Å². The molecule has 0 saturated heterocycles. The summed E-state index contributed by atoms with van der Waals surface area (Å²) in [6.07, 6.45) is 0. The number of carbonyl (C=O) groups excluding carboxylic acids is 1. The van der Waals surface area contributed by atoms with Crippen LogP contribution in [0.3, 0.4) is 0 Å². The van der Waals surface area contributed by atoms with Crippen molar-refractivity contribution in [1.82, 2.24) is 19.7 Å². The van der Waals surface area contributed by atoms with Crippen LogP contribution in [0.25, 0.3) is 10.8 Å². The summed E-state index contributed by atoms with van der Waals surface area (Å²) in [4.78, 5) is 13.3. The molecule has 130 valence electrons. The van der Waals surface area contributed by atoms with Gasteiger partial charge in [0.1, 0.15) is 12.4 Å². The second-order valence-electron chi connectivity index (χ2n) is 5.80. The Labute approximate surface area is 150 Å². The van der Waals surface area contributed by atoms with E-state index in [4.69, 9.17) is 4.74 Å². The molecule has 0 atom stereocenters. The first-order valence-electron chi connectivity index (χ1n) is 7.88. The quantitative estimate of drug-likeness (QED) is 0.636. The molecule has 0 aliphatic heterocycles. The number of carbonyl (C=O) groups is 1. The van der Waals surface area contributed by atoms with E-state index in [0.717, 1.165) is 16.5 Å². The minimum atomic E-state index is 0.0431. The van der Waals surface area contributed by atoms with Crippen molar-refractivity contribution in [3.05, 3.63) is 48.3 Å². The van der Waals surface area contributed by atoms with Crippen LogP contribution >= 0.6 is 11.8 Å². The number of thioether (sulfide) groups is 1. The van der Waals surface area contributed by atoms with E-state index in [2.05, 4.69) is 22.3 Å². The number of hydrogen-bond acceptors (Lipinski definition) is 5. The lowest BCUT2D eigenvalue weighted by atomic mass is 10.1. The molecule has 7 heteroatoms. The molecule has 1 aromatic heterocycles. The SMILES string of the molecule is CN(C)C(=O)CSc1nnc(COc2cccc3ccccc23)n1C. The average molecular weight is 356 g/mol. The summed E-state index contributed by atoms with van der Waals surface area (Å²) in [7, 11) is 5.36. The summed E-state index contributed by atoms with van der Waals surface area (Å²) in [6.45, 7) is 0.319. The van der Waals surface area contributed by atoms with Crippen molar-refractivity contribution in [3.63, 3.8) is 0 Å². The predicted molar refractivity (Wildman–Crippen MR) is 98.7 cm³/mol. The van der Waals surface area contributed by atoms with Crippen LogP contribution < -0.4 is 4.74 Å². The van der Waals surface area contributed by atoms with Gasteiger partial charge in [-0.25, -0.2) is 0 Å². The van der Waals surface area contributed by atoms with Crippen LogP contribution in [0.15, 0.2) is 47.6 Å². The van der Waals surface area contributed by atoms with Gasteiger partial charge in [-0.2, -0.15) is 0 Å². The topological polar surface area (TPSA) is 60.3 Å². The van der Waals surface area contributed by atoms with Crippen LogP contribution in [0.1, 0.15) is 5.82 Å². The number of benzene rings is 2. The highest BCUT2D eigenvalue weighted by molar-refractivity contribution is 7.99. The molecule has 3 rings (SSSR count). The van der Waals surface area contributed by atoms with Crippen LogP contribution in [-0.4, -0.2) is 45.4 Å². The summed E-state index contributed by atoms with van der Waals surface area (Å²) >= 11 is 1.37. The van der Waals surface area contributed by atoms with E-state index >= 15 is 0 Å². The van der Waals surface area contributed by atoms with Gasteiger partial charge in [-0.1, -0.05) is 48.2 Å². The van der Waals surface area contributed by atoms with Gasteiger partial charge in [-0.05, 0) is 11.5 Å². The number of amides is 1. The molecule has 0 saturated carbocycles. The number of ether oxygens (including phenoxy) is 1. The molecule has 0 radical (unpaired) electrons. The molecule has 1 amide bonds. The number of hydrogen-bond donors (Lipinski definition) is 0.